The Morgan fingerprint density at radius 2 is 0.850 bits per heavy atom. The van der Waals surface area contributed by atoms with E-state index in [0.717, 1.165) is 32.1 Å². The molecule has 0 saturated heterocycles. The molecule has 3 atom stereocenters. The fraction of sp³-hybridized carbons (Fsp3) is 0.971. The summed E-state index contributed by atoms with van der Waals surface area (Å²) in [6.45, 7) is 4.33. The Hall–Kier alpha value is -0.650. The summed E-state index contributed by atoms with van der Waals surface area (Å²) in [5.41, 5.74) is 0. The lowest BCUT2D eigenvalue weighted by atomic mass is 9.92. The van der Waals surface area contributed by atoms with Crippen LogP contribution in [0, 0.1) is 5.92 Å². The van der Waals surface area contributed by atoms with Gasteiger partial charge in [-0.3, -0.25) is 4.79 Å². The number of aliphatic hydroxyl groups excluding tert-OH is 3. The molecule has 0 aliphatic rings. The molecule has 0 saturated carbocycles. The zero-order valence-corrected chi connectivity index (χ0v) is 26.9. The van der Waals surface area contributed by atoms with Crippen molar-refractivity contribution in [2.24, 2.45) is 5.92 Å². The maximum atomic E-state index is 12.7. The first-order chi connectivity index (χ1) is 19.6. The molecule has 0 aromatic rings. The average Bonchev–Trinajstić information content (AvgIpc) is 2.96. The van der Waals surface area contributed by atoms with Crippen molar-refractivity contribution in [2.45, 2.75) is 199 Å². The maximum Gasteiger partial charge on any atom is 0.311 e. The van der Waals surface area contributed by atoms with Crippen LogP contribution >= 0.6 is 0 Å². The van der Waals surface area contributed by atoms with Crippen molar-refractivity contribution in [3.63, 3.8) is 0 Å². The molecule has 0 fully saturated rings. The zero-order valence-electron chi connectivity index (χ0n) is 26.9. The smallest absolute Gasteiger partial charge is 0.311 e. The topological polar surface area (TPSA) is 87.0 Å². The minimum absolute atomic E-state index is 0.369. The second-order valence-corrected chi connectivity index (χ2v) is 12.3. The largest absolute Gasteiger partial charge is 0.465 e. The van der Waals surface area contributed by atoms with Crippen LogP contribution in [0.1, 0.15) is 187 Å². The van der Waals surface area contributed by atoms with Crippen LogP contribution in [-0.2, 0) is 9.53 Å². The first-order valence-corrected chi connectivity index (χ1v) is 17.7. The second kappa shape index (κ2) is 31.3. The van der Waals surface area contributed by atoms with Gasteiger partial charge in [-0.25, -0.2) is 0 Å². The Labute approximate surface area is 249 Å². The fourth-order valence-corrected chi connectivity index (χ4v) is 5.59. The normalized spacial score (nSPS) is 13.8. The van der Waals surface area contributed by atoms with E-state index < -0.39 is 30.7 Å². The molecule has 0 radical (unpaired) electrons. The molecule has 0 amide bonds. The van der Waals surface area contributed by atoms with Gasteiger partial charge < -0.3 is 20.1 Å². The van der Waals surface area contributed by atoms with Crippen molar-refractivity contribution >= 4 is 5.97 Å². The summed E-state index contributed by atoms with van der Waals surface area (Å²) in [5, 5.41) is 29.6. The molecule has 240 valence electrons. The van der Waals surface area contributed by atoms with Crippen molar-refractivity contribution in [1.82, 2.24) is 0 Å². The van der Waals surface area contributed by atoms with Crippen LogP contribution in [0.5, 0.6) is 0 Å². The molecule has 3 N–H and O–H groups in total. The number of unbranched alkanes of at least 4 members (excludes halogenated alkanes) is 24. The molecule has 5 nitrogen and oxygen atoms in total. The first-order valence-electron chi connectivity index (χ1n) is 17.7. The molecule has 0 rings (SSSR count). The highest BCUT2D eigenvalue weighted by Crippen LogP contribution is 2.21. The van der Waals surface area contributed by atoms with Crippen LogP contribution in [0.25, 0.3) is 0 Å². The lowest BCUT2D eigenvalue weighted by molar-refractivity contribution is -0.157. The summed E-state index contributed by atoms with van der Waals surface area (Å²) in [5.74, 6) is -1.20. The van der Waals surface area contributed by atoms with E-state index in [2.05, 4.69) is 13.8 Å². The van der Waals surface area contributed by atoms with Crippen molar-refractivity contribution in [3.8, 4) is 0 Å². The molecular formula is C35H70O5. The molecule has 0 aliphatic heterocycles. The number of hydrogen-bond acceptors (Lipinski definition) is 5. The summed E-state index contributed by atoms with van der Waals surface area (Å²) in [4.78, 5) is 12.7. The Kier molecular flexibility index (Phi) is 30.8. The lowest BCUT2D eigenvalue weighted by Crippen LogP contribution is -2.40. The van der Waals surface area contributed by atoms with E-state index in [1.54, 1.807) is 0 Å². The fourth-order valence-electron chi connectivity index (χ4n) is 5.59. The van der Waals surface area contributed by atoms with Crippen LogP contribution < -0.4 is 0 Å². The average molecular weight is 571 g/mol. The predicted molar refractivity (Wildman–Crippen MR) is 170 cm³/mol. The number of rotatable bonds is 32. The quantitative estimate of drug-likeness (QED) is 0.0554. The maximum absolute atomic E-state index is 12.7. The first kappa shape index (κ1) is 39.4. The van der Waals surface area contributed by atoms with Gasteiger partial charge in [-0.15, -0.1) is 0 Å². The molecule has 0 spiro atoms. The summed E-state index contributed by atoms with van der Waals surface area (Å²) >= 11 is 0. The zero-order chi connectivity index (χ0) is 29.5. The van der Waals surface area contributed by atoms with Crippen LogP contribution in [0.2, 0.25) is 0 Å². The highest BCUT2D eigenvalue weighted by atomic mass is 16.5. The third kappa shape index (κ3) is 25.1. The van der Waals surface area contributed by atoms with Crippen LogP contribution in [0.4, 0.5) is 0 Å². The minimum atomic E-state index is -1.31. The van der Waals surface area contributed by atoms with Gasteiger partial charge in [0.25, 0.3) is 0 Å². The van der Waals surface area contributed by atoms with Crippen LogP contribution in [0.3, 0.4) is 0 Å². The van der Waals surface area contributed by atoms with E-state index in [1.165, 1.54) is 135 Å². The molecule has 0 aromatic carbocycles. The number of carbonyl (C=O) groups excluding carboxylic acids is 1. The highest BCUT2D eigenvalue weighted by molar-refractivity contribution is 5.73. The van der Waals surface area contributed by atoms with E-state index in [1.807, 2.05) is 0 Å². The van der Waals surface area contributed by atoms with E-state index in [0.29, 0.717) is 13.0 Å². The summed E-state index contributed by atoms with van der Waals surface area (Å²) in [6.07, 6.45) is 30.7. The van der Waals surface area contributed by atoms with Crippen LogP contribution in [0.15, 0.2) is 0 Å². The monoisotopic (exact) mass is 571 g/mol. The highest BCUT2D eigenvalue weighted by Gasteiger charge is 2.32. The lowest BCUT2D eigenvalue weighted by Gasteiger charge is -2.24. The van der Waals surface area contributed by atoms with Gasteiger partial charge in [0.1, 0.15) is 6.10 Å². The van der Waals surface area contributed by atoms with E-state index in [4.69, 9.17) is 4.74 Å². The van der Waals surface area contributed by atoms with E-state index in [-0.39, 0.29) is 0 Å². The van der Waals surface area contributed by atoms with Gasteiger partial charge in [-0.2, -0.15) is 0 Å². The Balaban J connectivity index is 3.88. The van der Waals surface area contributed by atoms with Crippen molar-refractivity contribution in [1.29, 1.82) is 0 Å². The van der Waals surface area contributed by atoms with Gasteiger partial charge in [0, 0.05) is 0 Å². The number of ether oxygens (including phenoxy) is 1. The molecule has 0 aliphatic carbocycles. The summed E-state index contributed by atoms with van der Waals surface area (Å²) in [7, 11) is 0. The van der Waals surface area contributed by atoms with Crippen LogP contribution in [-0.4, -0.2) is 46.7 Å². The summed E-state index contributed by atoms with van der Waals surface area (Å²) in [6, 6.07) is 0. The minimum Gasteiger partial charge on any atom is -0.465 e. The van der Waals surface area contributed by atoms with Crippen molar-refractivity contribution in [2.75, 3.05) is 13.2 Å². The van der Waals surface area contributed by atoms with Gasteiger partial charge in [-0.1, -0.05) is 174 Å². The molecule has 0 aromatic heterocycles. The Morgan fingerprint density at radius 3 is 1.20 bits per heavy atom. The van der Waals surface area contributed by atoms with Crippen molar-refractivity contribution in [3.05, 3.63) is 0 Å². The molecular weight excluding hydrogens is 500 g/mol. The second-order valence-electron chi connectivity index (χ2n) is 12.3. The molecule has 5 heteroatoms. The number of carbonyl (C=O) groups is 1. The molecule has 0 heterocycles. The standard InChI is InChI=1S/C35H70O5/c1-3-5-7-9-11-13-15-17-18-20-22-24-26-28-30-40-35(39)32(34(38)33(37)31-36)29-27-25-23-21-19-16-14-12-10-8-6-4-2/h32-34,36-38H,3-31H2,1-2H3. The number of esters is 1. The molecule has 0 bridgehead atoms. The van der Waals surface area contributed by atoms with Gasteiger partial charge in [-0.05, 0) is 12.8 Å². The van der Waals surface area contributed by atoms with Gasteiger partial charge in [0.15, 0.2) is 0 Å². The van der Waals surface area contributed by atoms with Gasteiger partial charge in [0.05, 0.1) is 25.2 Å². The third-order valence-electron chi connectivity index (χ3n) is 8.41. The predicted octanol–water partition coefficient (Wildman–Crippen LogP) is 9.43. The Morgan fingerprint density at radius 1 is 0.525 bits per heavy atom. The number of aliphatic hydroxyl groups is 3. The van der Waals surface area contributed by atoms with E-state index >= 15 is 0 Å². The van der Waals surface area contributed by atoms with Crippen molar-refractivity contribution < 1.29 is 24.9 Å². The SMILES string of the molecule is CCCCCCCCCCCCCCCCOC(=O)C(CCCCCCCCCCCCCC)C(O)C(O)CO. The molecule has 3 unspecified atom stereocenters. The molecule has 40 heavy (non-hydrogen) atoms. The van der Waals surface area contributed by atoms with Gasteiger partial charge >= 0.3 is 5.97 Å². The van der Waals surface area contributed by atoms with E-state index in [9.17, 15) is 20.1 Å². The number of hydrogen-bond donors (Lipinski definition) is 3. The summed E-state index contributed by atoms with van der Waals surface area (Å²) < 4.78 is 5.49. The third-order valence-corrected chi connectivity index (χ3v) is 8.41. The Bertz CT molecular complexity index is 512. The van der Waals surface area contributed by atoms with Gasteiger partial charge in [0.2, 0.25) is 0 Å².